The van der Waals surface area contributed by atoms with Gasteiger partial charge in [-0.25, -0.2) is 9.37 Å². The highest BCUT2D eigenvalue weighted by Gasteiger charge is 2.08. The van der Waals surface area contributed by atoms with Gasteiger partial charge in [0.15, 0.2) is 5.76 Å². The van der Waals surface area contributed by atoms with Crippen LogP contribution in [0.4, 0.5) is 16.1 Å². The van der Waals surface area contributed by atoms with Gasteiger partial charge >= 0.3 is 0 Å². The molecule has 1 N–H and O–H groups in total. The van der Waals surface area contributed by atoms with Crippen molar-refractivity contribution in [2.45, 2.75) is 13.3 Å². The number of oxazole rings is 1. The predicted molar refractivity (Wildman–Crippen MR) is 81.0 cm³/mol. The number of nitrogens with zero attached hydrogens (tertiary/aromatic N) is 1. The smallest absolute Gasteiger partial charge is 0.299 e. The molecule has 1 heterocycles. The molecule has 0 radical (unpaired) electrons. The lowest BCUT2D eigenvalue weighted by molar-refractivity contribution is 0.587. The summed E-state index contributed by atoms with van der Waals surface area (Å²) in [6.07, 6.45) is 2.60. The van der Waals surface area contributed by atoms with Crippen molar-refractivity contribution in [3.05, 3.63) is 66.1 Å². The Bertz CT molecular complexity index is 752. The van der Waals surface area contributed by atoms with Crippen molar-refractivity contribution in [3.63, 3.8) is 0 Å². The summed E-state index contributed by atoms with van der Waals surface area (Å²) in [6, 6.07) is 14.8. The minimum atomic E-state index is -0.342. The molecule has 2 aromatic carbocycles. The Hall–Kier alpha value is -2.62. The normalized spacial score (nSPS) is 10.6. The van der Waals surface area contributed by atoms with E-state index in [9.17, 15) is 4.39 Å². The summed E-state index contributed by atoms with van der Waals surface area (Å²) in [5.74, 6) is 0.314. The highest BCUT2D eigenvalue weighted by atomic mass is 19.1. The van der Waals surface area contributed by atoms with Crippen molar-refractivity contribution < 1.29 is 8.81 Å². The van der Waals surface area contributed by atoms with E-state index in [0.29, 0.717) is 11.4 Å². The van der Waals surface area contributed by atoms with E-state index in [1.54, 1.807) is 24.4 Å². The number of rotatable bonds is 4. The molecule has 0 amide bonds. The van der Waals surface area contributed by atoms with E-state index in [4.69, 9.17) is 4.42 Å². The van der Waals surface area contributed by atoms with Crippen LogP contribution in [0.3, 0.4) is 0 Å². The third-order valence-corrected chi connectivity index (χ3v) is 3.24. The summed E-state index contributed by atoms with van der Waals surface area (Å²) in [7, 11) is 0. The highest BCUT2D eigenvalue weighted by molar-refractivity contribution is 5.60. The lowest BCUT2D eigenvalue weighted by Crippen LogP contribution is -1.92. The van der Waals surface area contributed by atoms with Gasteiger partial charge in [0.25, 0.3) is 6.01 Å². The van der Waals surface area contributed by atoms with Crippen molar-refractivity contribution in [1.29, 1.82) is 0 Å². The van der Waals surface area contributed by atoms with Gasteiger partial charge in [-0.1, -0.05) is 37.3 Å². The lowest BCUT2D eigenvalue weighted by Gasteiger charge is -2.03. The van der Waals surface area contributed by atoms with Crippen molar-refractivity contribution in [3.8, 4) is 11.3 Å². The molecule has 0 saturated carbocycles. The average molecular weight is 282 g/mol. The number of para-hydroxylation sites is 1. The van der Waals surface area contributed by atoms with Crippen LogP contribution in [0.5, 0.6) is 0 Å². The van der Waals surface area contributed by atoms with Gasteiger partial charge in [-0.05, 0) is 30.2 Å². The molecule has 0 atom stereocenters. The number of hydrogen-bond donors (Lipinski definition) is 1. The minimum absolute atomic E-state index is 0.275. The number of aryl methyl sites for hydroxylation is 1. The second-order valence-corrected chi connectivity index (χ2v) is 4.69. The summed E-state index contributed by atoms with van der Waals surface area (Å²) < 4.78 is 19.2. The van der Waals surface area contributed by atoms with Gasteiger partial charge in [0, 0.05) is 5.56 Å². The molecule has 0 spiro atoms. The first-order valence-electron chi connectivity index (χ1n) is 6.83. The van der Waals surface area contributed by atoms with Crippen molar-refractivity contribution in [1.82, 2.24) is 4.98 Å². The quantitative estimate of drug-likeness (QED) is 0.748. The van der Waals surface area contributed by atoms with Crippen LogP contribution in [0.2, 0.25) is 0 Å². The minimum Gasteiger partial charge on any atom is -0.423 e. The Balaban J connectivity index is 1.85. The van der Waals surface area contributed by atoms with Crippen LogP contribution >= 0.6 is 0 Å². The van der Waals surface area contributed by atoms with Crippen LogP contribution in [0.15, 0.2) is 59.1 Å². The summed E-state index contributed by atoms with van der Waals surface area (Å²) >= 11 is 0. The molecule has 0 aliphatic heterocycles. The number of hydrogen-bond acceptors (Lipinski definition) is 3. The molecular weight excluding hydrogens is 267 g/mol. The van der Waals surface area contributed by atoms with E-state index in [1.165, 1.54) is 11.6 Å². The zero-order chi connectivity index (χ0) is 14.7. The van der Waals surface area contributed by atoms with E-state index in [0.717, 1.165) is 12.0 Å². The first kappa shape index (κ1) is 13.4. The molecule has 0 unspecified atom stereocenters. The van der Waals surface area contributed by atoms with Gasteiger partial charge in [-0.15, -0.1) is 0 Å². The Morgan fingerprint density at radius 3 is 2.81 bits per heavy atom. The molecular formula is C17H15FN2O. The van der Waals surface area contributed by atoms with Crippen LogP contribution < -0.4 is 5.32 Å². The number of benzene rings is 2. The second kappa shape index (κ2) is 5.79. The summed E-state index contributed by atoms with van der Waals surface area (Å²) in [6.45, 7) is 2.10. The Morgan fingerprint density at radius 2 is 2.00 bits per heavy atom. The van der Waals surface area contributed by atoms with Gasteiger partial charge in [0.05, 0.1) is 11.9 Å². The molecule has 0 aliphatic carbocycles. The summed E-state index contributed by atoms with van der Waals surface area (Å²) in [4.78, 5) is 4.14. The van der Waals surface area contributed by atoms with Crippen LogP contribution in [-0.2, 0) is 6.42 Å². The molecule has 1 aromatic heterocycles. The third kappa shape index (κ3) is 2.94. The Morgan fingerprint density at radius 1 is 1.14 bits per heavy atom. The van der Waals surface area contributed by atoms with E-state index in [1.807, 2.05) is 12.1 Å². The summed E-state index contributed by atoms with van der Waals surface area (Å²) in [5, 5.41) is 2.84. The van der Waals surface area contributed by atoms with Crippen LogP contribution in [0.1, 0.15) is 12.5 Å². The third-order valence-electron chi connectivity index (χ3n) is 3.24. The standard InChI is InChI=1S/C17H15FN2O/c1-2-12-6-5-7-13(10-12)16-11-19-17(21-16)20-15-9-4-3-8-14(15)18/h3-11H,2H2,1H3,(H,19,20). The molecule has 0 bridgehead atoms. The van der Waals surface area contributed by atoms with E-state index in [2.05, 4.69) is 29.4 Å². The van der Waals surface area contributed by atoms with Crippen molar-refractivity contribution >= 4 is 11.7 Å². The van der Waals surface area contributed by atoms with Gasteiger partial charge < -0.3 is 9.73 Å². The number of anilines is 2. The summed E-state index contributed by atoms with van der Waals surface area (Å²) in [5.41, 5.74) is 2.53. The van der Waals surface area contributed by atoms with Gasteiger partial charge in [-0.2, -0.15) is 0 Å². The lowest BCUT2D eigenvalue weighted by atomic mass is 10.1. The van der Waals surface area contributed by atoms with Crippen LogP contribution in [-0.4, -0.2) is 4.98 Å². The first-order chi connectivity index (χ1) is 10.3. The number of halogens is 1. The maximum Gasteiger partial charge on any atom is 0.299 e. The van der Waals surface area contributed by atoms with Crippen LogP contribution in [0, 0.1) is 5.82 Å². The average Bonchev–Trinajstić information content (AvgIpc) is 2.98. The molecule has 3 nitrogen and oxygen atoms in total. The molecule has 3 rings (SSSR count). The molecule has 3 aromatic rings. The maximum atomic E-state index is 13.6. The topological polar surface area (TPSA) is 38.1 Å². The fourth-order valence-corrected chi connectivity index (χ4v) is 2.09. The number of aromatic nitrogens is 1. The van der Waals surface area contributed by atoms with Crippen LogP contribution in [0.25, 0.3) is 11.3 Å². The van der Waals surface area contributed by atoms with Crippen molar-refractivity contribution in [2.75, 3.05) is 5.32 Å². The predicted octanol–water partition coefficient (Wildman–Crippen LogP) is 4.79. The van der Waals surface area contributed by atoms with Crippen molar-refractivity contribution in [2.24, 2.45) is 0 Å². The molecule has 0 aliphatic rings. The monoisotopic (exact) mass is 282 g/mol. The second-order valence-electron chi connectivity index (χ2n) is 4.69. The van der Waals surface area contributed by atoms with Gasteiger partial charge in [-0.3, -0.25) is 0 Å². The first-order valence-corrected chi connectivity index (χ1v) is 6.83. The fourth-order valence-electron chi connectivity index (χ4n) is 2.09. The molecule has 21 heavy (non-hydrogen) atoms. The van der Waals surface area contributed by atoms with Gasteiger partial charge in [0.2, 0.25) is 0 Å². The number of nitrogens with one attached hydrogen (secondary N) is 1. The SMILES string of the molecule is CCc1cccc(-c2cnc(Nc3ccccc3F)o2)c1. The maximum absolute atomic E-state index is 13.6. The molecule has 4 heteroatoms. The Labute approximate surface area is 122 Å². The highest BCUT2D eigenvalue weighted by Crippen LogP contribution is 2.26. The van der Waals surface area contributed by atoms with E-state index in [-0.39, 0.29) is 11.8 Å². The van der Waals surface area contributed by atoms with Gasteiger partial charge in [0.1, 0.15) is 5.82 Å². The van der Waals surface area contributed by atoms with E-state index < -0.39 is 0 Å². The fraction of sp³-hybridized carbons (Fsp3) is 0.118. The molecule has 106 valence electrons. The van der Waals surface area contributed by atoms with E-state index >= 15 is 0 Å². The molecule has 0 fully saturated rings. The zero-order valence-corrected chi connectivity index (χ0v) is 11.6. The zero-order valence-electron chi connectivity index (χ0n) is 11.6. The largest absolute Gasteiger partial charge is 0.423 e. The molecule has 0 saturated heterocycles. The Kier molecular flexibility index (Phi) is 3.69.